The zero-order valence-electron chi connectivity index (χ0n) is 17.1. The first-order chi connectivity index (χ1) is 15.2. The number of nitrogens with zero attached hydrogens (tertiary/aromatic N) is 3. The number of anilines is 1. The Morgan fingerprint density at radius 1 is 1.00 bits per heavy atom. The molecule has 0 unspecified atom stereocenters. The number of aromatic nitrogens is 3. The molecule has 0 atom stereocenters. The van der Waals surface area contributed by atoms with Gasteiger partial charge in [0.15, 0.2) is 5.82 Å². The van der Waals surface area contributed by atoms with Gasteiger partial charge in [-0.2, -0.15) is 4.37 Å². The van der Waals surface area contributed by atoms with Crippen molar-refractivity contribution in [3.05, 3.63) is 70.9 Å². The Morgan fingerprint density at radius 2 is 1.84 bits per heavy atom. The molecular weight excluding hydrogens is 406 g/mol. The lowest BCUT2D eigenvalue weighted by Gasteiger charge is -2.15. The summed E-state index contributed by atoms with van der Waals surface area (Å²) in [6.07, 6.45) is 5.41. The molecule has 1 aliphatic rings. The third-order valence-corrected chi connectivity index (χ3v) is 6.61. The van der Waals surface area contributed by atoms with Crippen LogP contribution in [0.3, 0.4) is 0 Å². The van der Waals surface area contributed by atoms with Crippen LogP contribution in [0.4, 0.5) is 5.82 Å². The molecule has 0 saturated carbocycles. The van der Waals surface area contributed by atoms with E-state index in [4.69, 9.17) is 15.7 Å². The Morgan fingerprint density at radius 3 is 2.68 bits per heavy atom. The highest BCUT2D eigenvalue weighted by Gasteiger charge is 2.21. The minimum absolute atomic E-state index is 0.450. The number of benzene rings is 2. The average Bonchev–Trinajstić information content (AvgIpc) is 3.08. The number of hydrogen-bond acceptors (Lipinski definition) is 6. The van der Waals surface area contributed by atoms with Crippen molar-refractivity contribution < 1.29 is 4.79 Å². The highest BCUT2D eigenvalue weighted by atomic mass is 32.1. The van der Waals surface area contributed by atoms with Crippen LogP contribution in [0, 0.1) is 0 Å². The van der Waals surface area contributed by atoms with Crippen molar-refractivity contribution in [3.8, 4) is 11.5 Å². The number of nitrogens with two attached hydrogens (primary N) is 1. The molecule has 1 aliphatic carbocycles. The molecule has 6 nitrogen and oxygen atoms in total. The Balaban J connectivity index is 1.59. The molecule has 1 amide bonds. The quantitative estimate of drug-likeness (QED) is 0.447. The molecule has 31 heavy (non-hydrogen) atoms. The molecule has 0 radical (unpaired) electrons. The number of aryl methyl sites for hydroxylation is 1. The molecule has 3 N–H and O–H groups in total. The smallest absolute Gasteiger partial charge is 0.250 e. The van der Waals surface area contributed by atoms with Crippen molar-refractivity contribution in [1.82, 2.24) is 14.3 Å². The number of rotatable bonds is 5. The third-order valence-electron chi connectivity index (χ3n) is 5.71. The maximum absolute atomic E-state index is 11.8. The van der Waals surface area contributed by atoms with Crippen LogP contribution in [-0.2, 0) is 19.4 Å². The van der Waals surface area contributed by atoms with E-state index in [0.29, 0.717) is 23.6 Å². The van der Waals surface area contributed by atoms with Crippen molar-refractivity contribution in [1.29, 1.82) is 0 Å². The molecular formula is C24H23N5OS. The van der Waals surface area contributed by atoms with Crippen molar-refractivity contribution in [2.45, 2.75) is 38.6 Å². The van der Waals surface area contributed by atoms with Crippen molar-refractivity contribution in [3.63, 3.8) is 0 Å². The molecule has 0 saturated heterocycles. The topological polar surface area (TPSA) is 93.8 Å². The van der Waals surface area contributed by atoms with Gasteiger partial charge in [-0.1, -0.05) is 48.9 Å². The zero-order valence-corrected chi connectivity index (χ0v) is 17.9. The molecule has 0 spiro atoms. The molecule has 156 valence electrons. The van der Waals surface area contributed by atoms with E-state index in [1.54, 1.807) is 6.07 Å². The summed E-state index contributed by atoms with van der Waals surface area (Å²) in [6, 6.07) is 15.8. The lowest BCUT2D eigenvalue weighted by molar-refractivity contribution is 0.100. The maximum atomic E-state index is 11.8. The Labute approximate surface area is 184 Å². The van der Waals surface area contributed by atoms with Crippen molar-refractivity contribution in [2.75, 3.05) is 5.32 Å². The fourth-order valence-electron chi connectivity index (χ4n) is 4.12. The average molecular weight is 430 g/mol. The van der Waals surface area contributed by atoms with Gasteiger partial charge in [-0.3, -0.25) is 4.79 Å². The molecule has 7 heteroatoms. The van der Waals surface area contributed by atoms with E-state index in [-0.39, 0.29) is 0 Å². The number of nitrogens with one attached hydrogen (secondary N) is 1. The standard InChI is InChI=1S/C24H23N5OS/c25-22(30)18-12-7-11-17-20(29-31-21(17)18)24-27-19-13-6-2-5-10-16(19)23(28-24)26-14-15-8-3-1-4-9-15/h1,3-4,7-9,11-12H,2,5-6,10,13-14H2,(H2,25,30)(H,26,27,28). The molecule has 0 fully saturated rings. The van der Waals surface area contributed by atoms with Crippen LogP contribution in [0.5, 0.6) is 0 Å². The Kier molecular flexibility index (Phi) is 5.34. The van der Waals surface area contributed by atoms with Gasteiger partial charge in [-0.05, 0) is 48.8 Å². The zero-order chi connectivity index (χ0) is 21.2. The summed E-state index contributed by atoms with van der Waals surface area (Å²) in [7, 11) is 0. The minimum Gasteiger partial charge on any atom is -0.366 e. The van der Waals surface area contributed by atoms with Crippen LogP contribution in [0.15, 0.2) is 48.5 Å². The summed E-state index contributed by atoms with van der Waals surface area (Å²) in [5.74, 6) is 1.04. The van der Waals surface area contributed by atoms with Crippen LogP contribution in [0.1, 0.15) is 46.4 Å². The molecule has 2 heterocycles. The second kappa shape index (κ2) is 8.43. The van der Waals surface area contributed by atoms with Crippen LogP contribution in [0.25, 0.3) is 21.6 Å². The van der Waals surface area contributed by atoms with E-state index >= 15 is 0 Å². The highest BCUT2D eigenvalue weighted by Crippen LogP contribution is 2.34. The molecule has 4 aromatic rings. The first-order valence-electron chi connectivity index (χ1n) is 10.6. The number of carbonyl (C=O) groups excluding carboxylic acids is 1. The fraction of sp³-hybridized carbons (Fsp3) is 0.250. The van der Waals surface area contributed by atoms with E-state index in [1.165, 1.54) is 29.1 Å². The van der Waals surface area contributed by atoms with Gasteiger partial charge in [0.05, 0.1) is 10.3 Å². The minimum atomic E-state index is -0.450. The van der Waals surface area contributed by atoms with E-state index < -0.39 is 5.91 Å². The van der Waals surface area contributed by atoms with Gasteiger partial charge in [-0.15, -0.1) is 0 Å². The predicted octanol–water partition coefficient (Wildman–Crippen LogP) is 4.73. The predicted molar refractivity (Wildman–Crippen MR) is 124 cm³/mol. The van der Waals surface area contributed by atoms with Crippen LogP contribution < -0.4 is 11.1 Å². The number of carbonyl (C=O) groups is 1. The second-order valence-corrected chi connectivity index (χ2v) is 8.57. The number of amides is 1. The second-order valence-electron chi connectivity index (χ2n) is 7.80. The van der Waals surface area contributed by atoms with Gasteiger partial charge in [0, 0.05) is 23.2 Å². The third kappa shape index (κ3) is 3.88. The molecule has 2 aromatic carbocycles. The summed E-state index contributed by atoms with van der Waals surface area (Å²) in [5.41, 5.74) is 10.3. The largest absolute Gasteiger partial charge is 0.366 e. The summed E-state index contributed by atoms with van der Waals surface area (Å²) < 4.78 is 5.40. The first-order valence-corrected chi connectivity index (χ1v) is 11.3. The number of fused-ring (bicyclic) bond motifs is 2. The van der Waals surface area contributed by atoms with E-state index in [0.717, 1.165) is 47.3 Å². The molecule has 2 aromatic heterocycles. The monoisotopic (exact) mass is 429 g/mol. The summed E-state index contributed by atoms with van der Waals surface area (Å²) in [4.78, 5) is 21.7. The Bertz CT molecular complexity index is 1250. The fourth-order valence-corrected chi connectivity index (χ4v) is 5.01. The van der Waals surface area contributed by atoms with Gasteiger partial charge < -0.3 is 11.1 Å². The van der Waals surface area contributed by atoms with Crippen LogP contribution >= 0.6 is 11.5 Å². The number of hydrogen-bond donors (Lipinski definition) is 2. The van der Waals surface area contributed by atoms with Crippen molar-refractivity contribution >= 4 is 33.3 Å². The molecule has 5 rings (SSSR count). The number of primary amides is 1. The highest BCUT2D eigenvalue weighted by molar-refractivity contribution is 7.14. The maximum Gasteiger partial charge on any atom is 0.250 e. The van der Waals surface area contributed by atoms with Gasteiger partial charge >= 0.3 is 0 Å². The first kappa shape index (κ1) is 19.6. The van der Waals surface area contributed by atoms with Crippen LogP contribution in [-0.4, -0.2) is 20.2 Å². The Hall–Kier alpha value is -3.32. The van der Waals surface area contributed by atoms with Gasteiger partial charge in [-0.25, -0.2) is 9.97 Å². The summed E-state index contributed by atoms with van der Waals surface area (Å²) in [5, 5.41) is 4.41. The lowest BCUT2D eigenvalue weighted by atomic mass is 10.1. The van der Waals surface area contributed by atoms with Gasteiger partial charge in [0.25, 0.3) is 0 Å². The molecule has 0 aliphatic heterocycles. The van der Waals surface area contributed by atoms with E-state index in [2.05, 4.69) is 21.8 Å². The van der Waals surface area contributed by atoms with Crippen molar-refractivity contribution in [2.24, 2.45) is 5.73 Å². The summed E-state index contributed by atoms with van der Waals surface area (Å²) >= 11 is 1.27. The van der Waals surface area contributed by atoms with Crippen LogP contribution in [0.2, 0.25) is 0 Å². The lowest BCUT2D eigenvalue weighted by Crippen LogP contribution is -2.11. The summed E-state index contributed by atoms with van der Waals surface area (Å²) in [6.45, 7) is 0.702. The normalized spacial score (nSPS) is 13.5. The SMILES string of the molecule is NC(=O)c1cccc2c(-c3nc4c(c(NCc5ccccc5)n3)CCCCC4)nsc12. The van der Waals surface area contributed by atoms with Gasteiger partial charge in [0.2, 0.25) is 5.91 Å². The van der Waals surface area contributed by atoms with Gasteiger partial charge in [0.1, 0.15) is 11.5 Å². The molecule has 0 bridgehead atoms. The van der Waals surface area contributed by atoms with E-state index in [1.807, 2.05) is 30.3 Å². The van der Waals surface area contributed by atoms with E-state index in [9.17, 15) is 4.79 Å².